The fourth-order valence-corrected chi connectivity index (χ4v) is 0. The summed E-state index contributed by atoms with van der Waals surface area (Å²) in [6.07, 6.45) is 0. The molecule has 0 amide bonds. The van der Waals surface area contributed by atoms with Gasteiger partial charge >= 0.3 is 0 Å². The van der Waals surface area contributed by atoms with Gasteiger partial charge in [0.15, 0.2) is 0 Å². The predicted octanol–water partition coefficient (Wildman–Crippen LogP) is -23.3. The SMILES string of the molecule is [Cu].[O-][I+3]([O-])([O-])[O-].[O-][I+3]([O-])([O-])[O-].[O-][I+3]([O-])([O-])[O-]. The van der Waals surface area contributed by atoms with E-state index in [-0.39, 0.29) is 17.1 Å². The first-order valence-electron chi connectivity index (χ1n) is 1.85. The second-order valence-electron chi connectivity index (χ2n) is 1.13. The van der Waals surface area contributed by atoms with E-state index in [1.54, 1.807) is 0 Å². The van der Waals surface area contributed by atoms with E-state index in [9.17, 15) is 0 Å². The van der Waals surface area contributed by atoms with Crippen LogP contribution in [0.3, 0.4) is 0 Å². The van der Waals surface area contributed by atoms with Crippen LogP contribution in [0.2, 0.25) is 0 Å². The molecule has 0 atom stereocenters. The summed E-state index contributed by atoms with van der Waals surface area (Å²) in [6, 6.07) is 0. The molecule has 0 aromatic heterocycles. The van der Waals surface area contributed by atoms with Crippen molar-refractivity contribution in [2.45, 2.75) is 0 Å². The zero-order valence-electron chi connectivity index (χ0n) is 6.33. The van der Waals surface area contributed by atoms with Crippen LogP contribution in [0.5, 0.6) is 0 Å². The van der Waals surface area contributed by atoms with Crippen LogP contribution in [0.4, 0.5) is 0 Å². The summed E-state index contributed by atoms with van der Waals surface area (Å²) in [5.74, 6) is 0. The molecule has 0 aliphatic carbocycles. The fraction of sp³-hybridized carbons (Fsp3) is 0. The Hall–Kier alpha value is 2.23. The van der Waals surface area contributed by atoms with Crippen molar-refractivity contribution >= 4 is 0 Å². The molecule has 0 unspecified atom stereocenters. The quantitative estimate of drug-likeness (QED) is 0.177. The van der Waals surface area contributed by atoms with Gasteiger partial charge in [0, 0.05) is 17.1 Å². The molecule has 0 rings (SSSR count). The summed E-state index contributed by atoms with van der Waals surface area (Å²) >= 11 is -17.8. The largest absolute Gasteiger partial charge is 0.286 e. The van der Waals surface area contributed by atoms with Crippen LogP contribution in [0.15, 0.2) is 0 Å². The molecule has 12 nitrogen and oxygen atoms in total. The average Bonchev–Trinajstić information content (AvgIpc) is 1.41. The van der Waals surface area contributed by atoms with Gasteiger partial charge in [0.05, 0.1) is 0 Å². The number of rotatable bonds is 0. The maximum absolute atomic E-state index is 8.62. The van der Waals surface area contributed by atoms with Crippen LogP contribution in [0.25, 0.3) is 0 Å². The zero-order chi connectivity index (χ0) is 13.5. The van der Waals surface area contributed by atoms with E-state index < -0.39 is 60.3 Å². The summed E-state index contributed by atoms with van der Waals surface area (Å²) in [6.45, 7) is 0. The van der Waals surface area contributed by atoms with E-state index in [0.29, 0.717) is 0 Å². The molecule has 0 heterocycles. The van der Waals surface area contributed by atoms with Crippen molar-refractivity contribution in [2.75, 3.05) is 0 Å². The van der Waals surface area contributed by atoms with Gasteiger partial charge in [-0.25, -0.2) is 0 Å². The van der Waals surface area contributed by atoms with Gasteiger partial charge in [0.2, 0.25) is 0 Å². The second kappa shape index (κ2) is 11.1. The Kier molecular flexibility index (Phi) is 18.5. The predicted molar refractivity (Wildman–Crippen MR) is 0 cm³/mol. The van der Waals surface area contributed by atoms with Gasteiger partial charge in [-0.3, -0.25) is 41.2 Å². The Morgan fingerprint density at radius 1 is 0.312 bits per heavy atom. The van der Waals surface area contributed by atoms with Crippen molar-refractivity contribution in [3.05, 3.63) is 0 Å². The standard InChI is InChI=1S/Cu.3IO4/c;3*2-1(3,4)5/q;3*-1. The van der Waals surface area contributed by atoms with Crippen molar-refractivity contribution in [3.8, 4) is 0 Å². The summed E-state index contributed by atoms with van der Waals surface area (Å²) in [4.78, 5) is 0. The minimum absolute atomic E-state index is 0. The topological polar surface area (TPSA) is 277 Å². The Morgan fingerprint density at radius 3 is 0.312 bits per heavy atom. The van der Waals surface area contributed by atoms with E-state index in [1.807, 2.05) is 0 Å². The van der Waals surface area contributed by atoms with E-state index in [0.717, 1.165) is 0 Å². The summed E-state index contributed by atoms with van der Waals surface area (Å²) in [5, 5.41) is 0. The van der Waals surface area contributed by atoms with Gasteiger partial charge < -0.3 is 0 Å². The third-order valence-corrected chi connectivity index (χ3v) is 0. The molecule has 16 heavy (non-hydrogen) atoms. The molecule has 0 aromatic carbocycles. The van der Waals surface area contributed by atoms with Gasteiger partial charge in [-0.1, -0.05) is 0 Å². The van der Waals surface area contributed by atoms with Crippen LogP contribution in [-0.2, 0) is 17.1 Å². The smallest absolute Gasteiger partial charge is 0.144 e. The Balaban J connectivity index is -0.0000000655. The fourth-order valence-electron chi connectivity index (χ4n) is 0. The first-order chi connectivity index (χ1) is 6.00. The molecular formula is CuI3O12-3. The molecule has 1 radical (unpaired) electrons. The summed E-state index contributed by atoms with van der Waals surface area (Å²) in [7, 11) is 0. The maximum atomic E-state index is 8.62. The third kappa shape index (κ3) is 757. The Labute approximate surface area is 117 Å². The molecule has 0 aromatic rings. The van der Waals surface area contributed by atoms with Crippen LogP contribution in [-0.4, -0.2) is 0 Å². The van der Waals surface area contributed by atoms with Crippen molar-refractivity contribution in [1.29, 1.82) is 0 Å². The van der Waals surface area contributed by atoms with Crippen molar-refractivity contribution < 1.29 is 119 Å². The Morgan fingerprint density at radius 2 is 0.312 bits per heavy atom. The van der Waals surface area contributed by atoms with E-state index >= 15 is 0 Å². The first-order valence-corrected chi connectivity index (χ1v) is 12.4. The molecule has 0 bridgehead atoms. The number of halogens is 3. The third-order valence-electron chi connectivity index (χ3n) is 0. The van der Waals surface area contributed by atoms with Crippen LogP contribution >= 0.6 is 0 Å². The van der Waals surface area contributed by atoms with Gasteiger partial charge in [0.25, 0.3) is 0 Å². The van der Waals surface area contributed by atoms with Crippen LogP contribution in [0, 0.1) is 0 Å². The molecule has 0 spiro atoms. The molecule has 107 valence electrons. The number of hydrogen-bond donors (Lipinski definition) is 0. The first kappa shape index (κ1) is 26.7. The van der Waals surface area contributed by atoms with Gasteiger partial charge in [-0.05, 0) is 0 Å². The normalized spacial score (nSPS) is 11.2. The minimum Gasteiger partial charge on any atom is -0.286 e. The van der Waals surface area contributed by atoms with E-state index in [1.165, 1.54) is 0 Å². The van der Waals surface area contributed by atoms with Gasteiger partial charge in [-0.2, -0.15) is 0 Å². The molecule has 0 N–H and O–H groups in total. The van der Waals surface area contributed by atoms with Crippen LogP contribution in [0.1, 0.15) is 0 Å². The second-order valence-corrected chi connectivity index (χ2v) is 7.61. The molecule has 0 fully saturated rings. The zero-order valence-corrected chi connectivity index (χ0v) is 13.7. The summed E-state index contributed by atoms with van der Waals surface area (Å²) < 4.78 is 103. The average molecular weight is 636 g/mol. The molecule has 0 saturated heterocycles. The Bertz CT molecular complexity index is 91.3. The van der Waals surface area contributed by atoms with Crippen LogP contribution < -0.4 is 102 Å². The van der Waals surface area contributed by atoms with E-state index in [2.05, 4.69) is 0 Å². The minimum atomic E-state index is -5.94. The van der Waals surface area contributed by atoms with Gasteiger partial charge in [-0.15, -0.1) is 0 Å². The molecule has 16 heteroatoms. The summed E-state index contributed by atoms with van der Waals surface area (Å²) in [5.41, 5.74) is 0. The maximum Gasteiger partial charge on any atom is 0.144 e. The number of hydrogen-bond acceptors (Lipinski definition) is 12. The van der Waals surface area contributed by atoms with Crippen molar-refractivity contribution in [2.24, 2.45) is 0 Å². The monoisotopic (exact) mass is 636 g/mol. The molecule has 0 saturated carbocycles. The molecular weight excluding hydrogens is 636 g/mol. The molecule has 0 aliphatic rings. The van der Waals surface area contributed by atoms with Crippen molar-refractivity contribution in [3.63, 3.8) is 0 Å². The van der Waals surface area contributed by atoms with Gasteiger partial charge in [0.1, 0.15) is 60.3 Å². The van der Waals surface area contributed by atoms with E-state index in [4.69, 9.17) is 41.2 Å². The molecule has 0 aliphatic heterocycles. The van der Waals surface area contributed by atoms with Crippen molar-refractivity contribution in [1.82, 2.24) is 0 Å².